The van der Waals surface area contributed by atoms with Crippen LogP contribution in [0.25, 0.3) is 0 Å². The second kappa shape index (κ2) is 5.14. The van der Waals surface area contributed by atoms with Gasteiger partial charge in [-0.25, -0.2) is 4.79 Å². The zero-order valence-corrected chi connectivity index (χ0v) is 10.3. The van der Waals surface area contributed by atoms with Crippen molar-refractivity contribution in [2.24, 2.45) is 0 Å². The molecule has 17 heavy (non-hydrogen) atoms. The lowest BCUT2D eigenvalue weighted by Crippen LogP contribution is -2.39. The molecule has 0 spiro atoms. The van der Waals surface area contributed by atoms with Crippen molar-refractivity contribution in [1.82, 2.24) is 4.90 Å². The monoisotopic (exact) mass is 251 g/mol. The first-order valence-electron chi connectivity index (χ1n) is 5.27. The summed E-state index contributed by atoms with van der Waals surface area (Å²) in [6, 6.07) is 9.36. The van der Waals surface area contributed by atoms with Crippen molar-refractivity contribution >= 4 is 23.4 Å². The molecular formula is C12H13NO3S. The molecule has 1 aliphatic rings. The summed E-state index contributed by atoms with van der Waals surface area (Å²) in [6.07, 6.45) is 0. The Morgan fingerprint density at radius 1 is 1.53 bits per heavy atom. The van der Waals surface area contributed by atoms with E-state index in [4.69, 9.17) is 21.7 Å². The lowest BCUT2D eigenvalue weighted by Gasteiger charge is -2.21. The van der Waals surface area contributed by atoms with Gasteiger partial charge in [0.25, 0.3) is 5.17 Å². The first kappa shape index (κ1) is 11.9. The maximum Gasteiger partial charge on any atom is 0.332 e. The van der Waals surface area contributed by atoms with E-state index in [2.05, 4.69) is 0 Å². The van der Waals surface area contributed by atoms with Gasteiger partial charge >= 0.3 is 5.97 Å². The number of rotatable bonds is 3. The van der Waals surface area contributed by atoms with Gasteiger partial charge < -0.3 is 14.4 Å². The SMILES string of the molecule is COC(=O)[C@@H]1COC(=S)N1Cc1ccccc1. The van der Waals surface area contributed by atoms with E-state index < -0.39 is 6.04 Å². The average Bonchev–Trinajstić information content (AvgIpc) is 2.72. The molecule has 4 nitrogen and oxygen atoms in total. The van der Waals surface area contributed by atoms with Crippen molar-refractivity contribution in [2.45, 2.75) is 12.6 Å². The summed E-state index contributed by atoms with van der Waals surface area (Å²) in [5.41, 5.74) is 1.08. The van der Waals surface area contributed by atoms with Crippen LogP contribution in [0.3, 0.4) is 0 Å². The molecule has 1 atom stereocenters. The van der Waals surface area contributed by atoms with Crippen molar-refractivity contribution in [3.05, 3.63) is 35.9 Å². The molecule has 1 saturated heterocycles. The Morgan fingerprint density at radius 3 is 2.88 bits per heavy atom. The fourth-order valence-electron chi connectivity index (χ4n) is 1.74. The second-order valence-corrected chi connectivity index (χ2v) is 4.08. The van der Waals surface area contributed by atoms with E-state index in [9.17, 15) is 4.79 Å². The zero-order chi connectivity index (χ0) is 12.3. The molecule has 0 aromatic heterocycles. The van der Waals surface area contributed by atoms with Crippen LogP contribution >= 0.6 is 12.2 Å². The molecule has 0 bridgehead atoms. The average molecular weight is 251 g/mol. The van der Waals surface area contributed by atoms with E-state index in [-0.39, 0.29) is 12.6 Å². The summed E-state index contributed by atoms with van der Waals surface area (Å²) in [7, 11) is 1.37. The predicted molar refractivity (Wildman–Crippen MR) is 66.3 cm³/mol. The van der Waals surface area contributed by atoms with Gasteiger partial charge in [-0.1, -0.05) is 30.3 Å². The van der Waals surface area contributed by atoms with Gasteiger partial charge in [-0.3, -0.25) is 0 Å². The number of benzene rings is 1. The molecule has 0 N–H and O–H groups in total. The molecule has 1 aromatic rings. The Balaban J connectivity index is 2.12. The Kier molecular flexibility index (Phi) is 3.58. The van der Waals surface area contributed by atoms with Gasteiger partial charge in [-0.15, -0.1) is 0 Å². The molecule has 0 radical (unpaired) electrons. The summed E-state index contributed by atoms with van der Waals surface area (Å²) in [5.74, 6) is -0.319. The van der Waals surface area contributed by atoms with Gasteiger partial charge in [-0.05, 0) is 17.8 Å². The quantitative estimate of drug-likeness (QED) is 0.599. The molecule has 5 heteroatoms. The Hall–Kier alpha value is -1.62. The molecule has 1 heterocycles. The third-order valence-corrected chi connectivity index (χ3v) is 3.00. The van der Waals surface area contributed by atoms with Crippen LogP contribution in [0, 0.1) is 0 Å². The van der Waals surface area contributed by atoms with Crippen LogP contribution in [-0.2, 0) is 20.8 Å². The zero-order valence-electron chi connectivity index (χ0n) is 9.46. The first-order valence-corrected chi connectivity index (χ1v) is 5.68. The molecule has 0 aliphatic carbocycles. The number of hydrogen-bond donors (Lipinski definition) is 0. The molecule has 1 aliphatic heterocycles. The van der Waals surface area contributed by atoms with Gasteiger partial charge in [0.2, 0.25) is 0 Å². The predicted octanol–water partition coefficient (Wildman–Crippen LogP) is 1.35. The highest BCUT2D eigenvalue weighted by Crippen LogP contribution is 2.17. The van der Waals surface area contributed by atoms with E-state index in [0.29, 0.717) is 11.7 Å². The van der Waals surface area contributed by atoms with Crippen molar-refractivity contribution in [2.75, 3.05) is 13.7 Å². The van der Waals surface area contributed by atoms with Crippen molar-refractivity contribution in [3.8, 4) is 0 Å². The van der Waals surface area contributed by atoms with Crippen LogP contribution < -0.4 is 0 Å². The summed E-state index contributed by atoms with van der Waals surface area (Å²) in [4.78, 5) is 13.3. The number of nitrogens with zero attached hydrogens (tertiary/aromatic N) is 1. The van der Waals surface area contributed by atoms with E-state index in [1.54, 1.807) is 4.90 Å². The van der Waals surface area contributed by atoms with Gasteiger partial charge in [0, 0.05) is 6.54 Å². The molecule has 0 saturated carbocycles. The van der Waals surface area contributed by atoms with Crippen LogP contribution in [0.1, 0.15) is 5.56 Å². The summed E-state index contributed by atoms with van der Waals surface area (Å²) < 4.78 is 9.96. The molecule has 2 rings (SSSR count). The third-order valence-electron chi connectivity index (χ3n) is 2.64. The minimum absolute atomic E-state index is 0.262. The summed E-state index contributed by atoms with van der Waals surface area (Å²) in [5, 5.41) is 0.351. The highest BCUT2D eigenvalue weighted by molar-refractivity contribution is 7.80. The number of carbonyl (C=O) groups excluding carboxylic acids is 1. The normalized spacial score (nSPS) is 19.0. The number of methoxy groups -OCH3 is 1. The van der Waals surface area contributed by atoms with E-state index in [0.717, 1.165) is 5.56 Å². The lowest BCUT2D eigenvalue weighted by molar-refractivity contribution is -0.145. The van der Waals surface area contributed by atoms with Crippen molar-refractivity contribution in [1.29, 1.82) is 0 Å². The fourth-order valence-corrected chi connectivity index (χ4v) is 2.00. The van der Waals surface area contributed by atoms with Crippen LogP contribution in [0.15, 0.2) is 30.3 Å². The minimum atomic E-state index is -0.437. The van der Waals surface area contributed by atoms with Crippen molar-refractivity contribution < 1.29 is 14.3 Å². The molecule has 1 fully saturated rings. The highest BCUT2D eigenvalue weighted by atomic mass is 32.1. The molecular weight excluding hydrogens is 238 g/mol. The van der Waals surface area contributed by atoms with Gasteiger partial charge in [0.05, 0.1) is 7.11 Å². The lowest BCUT2D eigenvalue weighted by atomic mass is 10.2. The van der Waals surface area contributed by atoms with Crippen LogP contribution in [0.4, 0.5) is 0 Å². The summed E-state index contributed by atoms with van der Waals surface area (Å²) in [6.45, 7) is 0.817. The van der Waals surface area contributed by atoms with Crippen LogP contribution in [-0.4, -0.2) is 35.8 Å². The molecule has 1 aromatic carbocycles. The Labute approximate surface area is 105 Å². The second-order valence-electron chi connectivity index (χ2n) is 3.73. The molecule has 0 unspecified atom stereocenters. The number of esters is 1. The third kappa shape index (κ3) is 2.55. The number of hydrogen-bond acceptors (Lipinski definition) is 4. The number of carbonyl (C=O) groups is 1. The molecule has 90 valence electrons. The topological polar surface area (TPSA) is 38.8 Å². The van der Waals surface area contributed by atoms with Gasteiger partial charge in [0.15, 0.2) is 6.04 Å². The maximum atomic E-state index is 11.6. The largest absolute Gasteiger partial charge is 0.468 e. The smallest absolute Gasteiger partial charge is 0.332 e. The van der Waals surface area contributed by atoms with E-state index >= 15 is 0 Å². The van der Waals surface area contributed by atoms with Gasteiger partial charge in [0.1, 0.15) is 6.61 Å². The van der Waals surface area contributed by atoms with E-state index in [1.165, 1.54) is 7.11 Å². The summed E-state index contributed by atoms with van der Waals surface area (Å²) >= 11 is 5.08. The Morgan fingerprint density at radius 2 is 2.24 bits per heavy atom. The number of thiocarbonyl (C=S) groups is 1. The highest BCUT2D eigenvalue weighted by Gasteiger charge is 2.36. The first-order chi connectivity index (χ1) is 8.22. The van der Waals surface area contributed by atoms with E-state index in [1.807, 2.05) is 30.3 Å². The molecule has 0 amide bonds. The van der Waals surface area contributed by atoms with Gasteiger partial charge in [-0.2, -0.15) is 0 Å². The van der Waals surface area contributed by atoms with Crippen LogP contribution in [0.5, 0.6) is 0 Å². The fraction of sp³-hybridized carbons (Fsp3) is 0.333. The van der Waals surface area contributed by atoms with Crippen molar-refractivity contribution in [3.63, 3.8) is 0 Å². The maximum absolute atomic E-state index is 11.6. The standard InChI is InChI=1S/C12H13NO3S/c1-15-11(14)10-8-16-12(17)13(10)7-9-5-3-2-4-6-9/h2-6,10H,7-8H2,1H3/t10-/m0/s1. The van der Waals surface area contributed by atoms with Crippen LogP contribution in [0.2, 0.25) is 0 Å². The number of ether oxygens (including phenoxy) is 2. The Bertz CT molecular complexity index is 421. The minimum Gasteiger partial charge on any atom is -0.468 e.